The van der Waals surface area contributed by atoms with E-state index in [4.69, 9.17) is 0 Å². The zero-order valence-corrected chi connectivity index (χ0v) is 12.6. The number of benzene rings is 1. The van der Waals surface area contributed by atoms with Crippen molar-refractivity contribution in [2.24, 2.45) is 0 Å². The van der Waals surface area contributed by atoms with Gasteiger partial charge in [0.2, 0.25) is 5.13 Å². The second kappa shape index (κ2) is 4.55. The molecule has 2 saturated carbocycles. The van der Waals surface area contributed by atoms with Crippen LogP contribution in [-0.4, -0.2) is 23.8 Å². The van der Waals surface area contributed by atoms with Crippen LogP contribution in [0.4, 0.5) is 5.13 Å². The van der Waals surface area contributed by atoms with Gasteiger partial charge in [0.1, 0.15) is 5.01 Å². The molecule has 2 aromatic rings. The van der Waals surface area contributed by atoms with Gasteiger partial charge in [-0.25, -0.2) is 0 Å². The second-order valence-corrected chi connectivity index (χ2v) is 7.19. The highest BCUT2D eigenvalue weighted by Crippen LogP contribution is 2.49. The van der Waals surface area contributed by atoms with Crippen molar-refractivity contribution in [2.45, 2.75) is 37.0 Å². The van der Waals surface area contributed by atoms with Crippen molar-refractivity contribution >= 4 is 16.5 Å². The maximum absolute atomic E-state index is 4.38. The normalized spacial score (nSPS) is 19.9. The number of rotatable bonds is 5. The molecule has 2 fully saturated rings. The zero-order chi connectivity index (χ0) is 13.6. The molecule has 0 radical (unpaired) electrons. The molecule has 0 saturated heterocycles. The maximum Gasteiger partial charge on any atom is 0.208 e. The van der Waals surface area contributed by atoms with E-state index in [1.807, 2.05) is 0 Å². The Morgan fingerprint density at radius 2 is 1.95 bits per heavy atom. The minimum atomic E-state index is 0.349. The van der Waals surface area contributed by atoms with Gasteiger partial charge in [-0.05, 0) is 31.2 Å². The zero-order valence-electron chi connectivity index (χ0n) is 11.7. The molecule has 1 aromatic heterocycles. The van der Waals surface area contributed by atoms with Crippen LogP contribution in [0.3, 0.4) is 0 Å². The number of nitrogens with zero attached hydrogens (tertiary/aromatic N) is 3. The van der Waals surface area contributed by atoms with Crippen LogP contribution in [0.2, 0.25) is 0 Å². The van der Waals surface area contributed by atoms with Crippen LogP contribution in [0.15, 0.2) is 30.3 Å². The average molecular weight is 285 g/mol. The largest absolute Gasteiger partial charge is 0.349 e. The number of aromatic nitrogens is 2. The van der Waals surface area contributed by atoms with Gasteiger partial charge in [-0.3, -0.25) is 0 Å². The summed E-state index contributed by atoms with van der Waals surface area (Å²) in [5.41, 5.74) is 1.82. The van der Waals surface area contributed by atoms with E-state index in [9.17, 15) is 0 Å². The lowest BCUT2D eigenvalue weighted by atomic mass is 9.96. The second-order valence-electron chi connectivity index (χ2n) is 6.20. The lowest BCUT2D eigenvalue weighted by Gasteiger charge is -2.23. The van der Waals surface area contributed by atoms with E-state index in [2.05, 4.69) is 52.5 Å². The first-order chi connectivity index (χ1) is 9.77. The first-order valence-electron chi connectivity index (χ1n) is 7.37. The summed E-state index contributed by atoms with van der Waals surface area (Å²) in [5.74, 6) is 0.707. The summed E-state index contributed by atoms with van der Waals surface area (Å²) in [6, 6.07) is 10.9. The Balaban J connectivity index is 1.50. The first kappa shape index (κ1) is 12.3. The number of likely N-dealkylation sites (N-methyl/N-ethyl adjacent to an activating group) is 1. The topological polar surface area (TPSA) is 29.0 Å². The van der Waals surface area contributed by atoms with Crippen molar-refractivity contribution in [3.63, 3.8) is 0 Å². The molecule has 0 N–H and O–H groups in total. The fourth-order valence-electron chi connectivity index (χ4n) is 2.88. The molecule has 1 heterocycles. The molecule has 3 nitrogen and oxygen atoms in total. The molecule has 0 unspecified atom stereocenters. The maximum atomic E-state index is 4.38. The quantitative estimate of drug-likeness (QED) is 0.840. The molecule has 2 aliphatic carbocycles. The minimum Gasteiger partial charge on any atom is -0.349 e. The Morgan fingerprint density at radius 3 is 2.60 bits per heavy atom. The number of hydrogen-bond acceptors (Lipinski definition) is 4. The summed E-state index contributed by atoms with van der Waals surface area (Å²) in [7, 11) is 2.15. The molecule has 1 aromatic carbocycles. The molecule has 104 valence electrons. The highest BCUT2D eigenvalue weighted by atomic mass is 32.1. The first-order valence-corrected chi connectivity index (χ1v) is 8.19. The third-order valence-corrected chi connectivity index (χ3v) is 5.66. The summed E-state index contributed by atoms with van der Waals surface area (Å²) < 4.78 is 0. The monoisotopic (exact) mass is 285 g/mol. The van der Waals surface area contributed by atoms with E-state index in [-0.39, 0.29) is 0 Å². The predicted octanol–water partition coefficient (Wildman–Crippen LogP) is 3.58. The van der Waals surface area contributed by atoms with Crippen LogP contribution in [0.5, 0.6) is 0 Å². The van der Waals surface area contributed by atoms with Crippen molar-refractivity contribution in [1.82, 2.24) is 10.2 Å². The molecule has 4 heteroatoms. The number of hydrogen-bond donors (Lipinski definition) is 0. The predicted molar refractivity (Wildman–Crippen MR) is 82.5 cm³/mol. The Labute approximate surface area is 123 Å². The smallest absolute Gasteiger partial charge is 0.208 e. The van der Waals surface area contributed by atoms with Crippen molar-refractivity contribution < 1.29 is 0 Å². The van der Waals surface area contributed by atoms with Crippen LogP contribution in [0.25, 0.3) is 0 Å². The van der Waals surface area contributed by atoms with Crippen LogP contribution in [0.1, 0.15) is 42.2 Å². The van der Waals surface area contributed by atoms with Crippen LogP contribution >= 0.6 is 11.3 Å². The van der Waals surface area contributed by atoms with E-state index in [1.54, 1.807) is 11.3 Å². The van der Waals surface area contributed by atoms with Gasteiger partial charge < -0.3 is 4.90 Å². The van der Waals surface area contributed by atoms with Crippen LogP contribution in [-0.2, 0) is 5.41 Å². The Kier molecular flexibility index (Phi) is 2.81. The molecule has 2 aliphatic rings. The van der Waals surface area contributed by atoms with Crippen molar-refractivity contribution in [3.8, 4) is 0 Å². The summed E-state index contributed by atoms with van der Waals surface area (Å²) in [6.45, 7) is 1.05. The lowest BCUT2D eigenvalue weighted by molar-refractivity contribution is 0.670. The van der Waals surface area contributed by atoms with Crippen LogP contribution in [0, 0.1) is 0 Å². The summed E-state index contributed by atoms with van der Waals surface area (Å²) >= 11 is 1.78. The van der Waals surface area contributed by atoms with Crippen LogP contribution < -0.4 is 4.90 Å². The highest BCUT2D eigenvalue weighted by molar-refractivity contribution is 7.15. The van der Waals surface area contributed by atoms with Gasteiger partial charge >= 0.3 is 0 Å². The van der Waals surface area contributed by atoms with E-state index in [0.29, 0.717) is 11.3 Å². The van der Waals surface area contributed by atoms with Gasteiger partial charge in [0.15, 0.2) is 0 Å². The molecule has 0 atom stereocenters. The van der Waals surface area contributed by atoms with E-state index in [0.717, 1.165) is 11.7 Å². The fourth-order valence-corrected chi connectivity index (χ4v) is 3.85. The summed E-state index contributed by atoms with van der Waals surface area (Å²) in [6.07, 6.45) is 5.17. The Morgan fingerprint density at radius 1 is 1.20 bits per heavy atom. The van der Waals surface area contributed by atoms with Crippen molar-refractivity contribution in [3.05, 3.63) is 40.9 Å². The average Bonchev–Trinajstić information content (AvgIpc) is 3.41. The Hall–Kier alpha value is -1.42. The van der Waals surface area contributed by atoms with E-state index in [1.165, 1.54) is 36.3 Å². The molecule has 4 rings (SSSR count). The standard InChI is InChI=1S/C16H19N3S/c1-19(15-18-17-14(20-15)12-7-8-12)11-16(9-10-16)13-5-3-2-4-6-13/h2-6,12H,7-11H2,1H3. The van der Waals surface area contributed by atoms with Gasteiger partial charge in [0, 0.05) is 24.9 Å². The van der Waals surface area contributed by atoms with E-state index >= 15 is 0 Å². The van der Waals surface area contributed by atoms with Crippen molar-refractivity contribution in [1.29, 1.82) is 0 Å². The molecule has 20 heavy (non-hydrogen) atoms. The number of anilines is 1. The molecule has 0 spiro atoms. The van der Waals surface area contributed by atoms with E-state index < -0.39 is 0 Å². The summed E-state index contributed by atoms with van der Waals surface area (Å²) in [5, 5.41) is 11.0. The lowest BCUT2D eigenvalue weighted by Crippen LogP contribution is -2.29. The van der Waals surface area contributed by atoms with Gasteiger partial charge in [-0.15, -0.1) is 10.2 Å². The van der Waals surface area contributed by atoms with Gasteiger partial charge in [-0.2, -0.15) is 0 Å². The SMILES string of the molecule is CN(CC1(c2ccccc2)CC1)c1nnc(C2CC2)s1. The molecular weight excluding hydrogens is 266 g/mol. The highest BCUT2D eigenvalue weighted by Gasteiger charge is 2.45. The third-order valence-electron chi connectivity index (χ3n) is 4.46. The Bertz CT molecular complexity index is 599. The molecule has 0 bridgehead atoms. The molecule has 0 amide bonds. The van der Waals surface area contributed by atoms with Gasteiger partial charge in [0.25, 0.3) is 0 Å². The summed E-state index contributed by atoms with van der Waals surface area (Å²) in [4.78, 5) is 2.30. The molecule has 0 aliphatic heterocycles. The van der Waals surface area contributed by atoms with Crippen molar-refractivity contribution in [2.75, 3.05) is 18.5 Å². The third kappa shape index (κ3) is 2.22. The van der Waals surface area contributed by atoms with Gasteiger partial charge in [-0.1, -0.05) is 41.7 Å². The van der Waals surface area contributed by atoms with Gasteiger partial charge in [0.05, 0.1) is 0 Å². The minimum absolute atomic E-state index is 0.349. The fraction of sp³-hybridized carbons (Fsp3) is 0.500. The molecular formula is C16H19N3S.